The highest BCUT2D eigenvalue weighted by molar-refractivity contribution is 14.0. The molecule has 0 spiro atoms. The maximum Gasteiger partial charge on any atom is 0.221 e. The van der Waals surface area contributed by atoms with Crippen LogP contribution in [-0.2, 0) is 11.3 Å². The molecule has 6 nitrogen and oxygen atoms in total. The zero-order valence-corrected chi connectivity index (χ0v) is 20.6. The van der Waals surface area contributed by atoms with Crippen molar-refractivity contribution in [1.29, 1.82) is 0 Å². The van der Waals surface area contributed by atoms with Crippen molar-refractivity contribution >= 4 is 35.8 Å². The van der Waals surface area contributed by atoms with Gasteiger partial charge in [0.2, 0.25) is 5.91 Å². The summed E-state index contributed by atoms with van der Waals surface area (Å²) < 4.78 is 0. The number of nitrogens with zero attached hydrogens (tertiary/aromatic N) is 2. The number of guanidine groups is 1. The van der Waals surface area contributed by atoms with Crippen molar-refractivity contribution in [1.82, 2.24) is 20.9 Å². The molecule has 7 heteroatoms. The quantitative estimate of drug-likeness (QED) is 0.262. The molecule has 0 radical (unpaired) electrons. The summed E-state index contributed by atoms with van der Waals surface area (Å²) in [5, 5.41) is 9.78. The third-order valence-electron chi connectivity index (χ3n) is 5.90. The Balaban J connectivity index is 0.00000320. The number of carbonyl (C=O) groups is 1. The summed E-state index contributed by atoms with van der Waals surface area (Å²) in [7, 11) is 0. The Kier molecular flexibility index (Phi) is 11.5. The van der Waals surface area contributed by atoms with Crippen LogP contribution in [0, 0.1) is 0 Å². The lowest BCUT2D eigenvalue weighted by molar-refractivity contribution is -0.121. The van der Waals surface area contributed by atoms with Gasteiger partial charge in [-0.1, -0.05) is 43.2 Å². The maximum atomic E-state index is 12.1. The number of nitrogens with one attached hydrogen (secondary N) is 3. The van der Waals surface area contributed by atoms with Crippen molar-refractivity contribution in [2.24, 2.45) is 4.99 Å². The van der Waals surface area contributed by atoms with E-state index in [1.807, 2.05) is 0 Å². The lowest BCUT2D eigenvalue weighted by atomic mass is 10.2. The lowest BCUT2D eigenvalue weighted by Gasteiger charge is -2.23. The van der Waals surface area contributed by atoms with E-state index in [2.05, 4.69) is 58.1 Å². The molecule has 1 heterocycles. The van der Waals surface area contributed by atoms with E-state index in [9.17, 15) is 4.79 Å². The monoisotopic (exact) mass is 527 g/mol. The Morgan fingerprint density at radius 3 is 2.60 bits per heavy atom. The normalized spacial score (nSPS) is 20.0. The van der Waals surface area contributed by atoms with Crippen LogP contribution in [0.25, 0.3) is 0 Å². The van der Waals surface area contributed by atoms with Gasteiger partial charge in [-0.2, -0.15) is 0 Å². The predicted molar refractivity (Wildman–Crippen MR) is 134 cm³/mol. The Labute approximate surface area is 198 Å². The number of likely N-dealkylation sites (tertiary alicyclic amines) is 1. The summed E-state index contributed by atoms with van der Waals surface area (Å²) in [5.41, 5.74) is 1.36. The first kappa shape index (κ1) is 24.9. The first-order chi connectivity index (χ1) is 14.2. The van der Waals surface area contributed by atoms with E-state index >= 15 is 0 Å². The van der Waals surface area contributed by atoms with E-state index in [0.29, 0.717) is 25.0 Å². The summed E-state index contributed by atoms with van der Waals surface area (Å²) in [5.74, 6) is 0.956. The lowest BCUT2D eigenvalue weighted by Crippen LogP contribution is -2.41. The fourth-order valence-corrected chi connectivity index (χ4v) is 4.33. The zero-order chi connectivity index (χ0) is 20.3. The van der Waals surface area contributed by atoms with Gasteiger partial charge in [0.25, 0.3) is 0 Å². The van der Waals surface area contributed by atoms with E-state index < -0.39 is 0 Å². The molecule has 0 aromatic heterocycles. The minimum absolute atomic E-state index is 0. The Morgan fingerprint density at radius 1 is 1.10 bits per heavy atom. The molecular weight excluding hydrogens is 489 g/mol. The minimum atomic E-state index is 0. The maximum absolute atomic E-state index is 12.1. The molecule has 2 fully saturated rings. The largest absolute Gasteiger partial charge is 0.357 e. The van der Waals surface area contributed by atoms with Gasteiger partial charge in [-0.25, -0.2) is 0 Å². The summed E-state index contributed by atoms with van der Waals surface area (Å²) in [6.07, 6.45) is 7.66. The van der Waals surface area contributed by atoms with Crippen molar-refractivity contribution in [2.75, 3.05) is 26.2 Å². The predicted octanol–water partition coefficient (Wildman–Crippen LogP) is 3.27. The van der Waals surface area contributed by atoms with Crippen molar-refractivity contribution in [2.45, 2.75) is 70.5 Å². The summed E-state index contributed by atoms with van der Waals surface area (Å²) in [4.78, 5) is 19.5. The van der Waals surface area contributed by atoms with Crippen LogP contribution in [0.4, 0.5) is 0 Å². The number of aliphatic imine (C=N–C) groups is 1. The van der Waals surface area contributed by atoms with Gasteiger partial charge in [-0.3, -0.25) is 14.7 Å². The van der Waals surface area contributed by atoms with E-state index in [1.54, 1.807) is 0 Å². The molecule has 0 bridgehead atoms. The first-order valence-electron chi connectivity index (χ1n) is 11.3. The average Bonchev–Trinajstić information content (AvgIpc) is 3.39. The zero-order valence-electron chi connectivity index (χ0n) is 18.2. The topological polar surface area (TPSA) is 68.8 Å². The van der Waals surface area contributed by atoms with Gasteiger partial charge in [0, 0.05) is 38.1 Å². The number of hydrogen-bond donors (Lipinski definition) is 3. The molecule has 3 rings (SSSR count). The molecule has 1 unspecified atom stereocenters. The molecule has 1 atom stereocenters. The number of carbonyl (C=O) groups excluding carboxylic acids is 1. The number of benzene rings is 1. The molecule has 3 N–H and O–H groups in total. The van der Waals surface area contributed by atoms with E-state index in [4.69, 9.17) is 4.99 Å². The molecule has 1 saturated heterocycles. The fraction of sp³-hybridized carbons (Fsp3) is 0.652. The Morgan fingerprint density at radius 2 is 1.87 bits per heavy atom. The number of hydrogen-bond acceptors (Lipinski definition) is 3. The van der Waals surface area contributed by atoms with Gasteiger partial charge in [0.15, 0.2) is 5.96 Å². The van der Waals surface area contributed by atoms with Gasteiger partial charge in [0.1, 0.15) is 0 Å². The summed E-state index contributed by atoms with van der Waals surface area (Å²) >= 11 is 0. The standard InChI is InChI=1S/C23H37N5O.HI/c1-2-24-23(25-15-14-22(29)27-20-11-6-7-12-20)26-17-21-13-8-16-28(21)18-19-9-4-3-5-10-19;/h3-5,9-10,20-21H,2,6-8,11-18H2,1H3,(H,27,29)(H2,24,25,26);1H. The van der Waals surface area contributed by atoms with Crippen LogP contribution < -0.4 is 16.0 Å². The third-order valence-corrected chi connectivity index (χ3v) is 5.90. The van der Waals surface area contributed by atoms with Crippen molar-refractivity contribution in [3.8, 4) is 0 Å². The minimum Gasteiger partial charge on any atom is -0.357 e. The number of halogens is 1. The second kappa shape index (κ2) is 13.9. The first-order valence-corrected chi connectivity index (χ1v) is 11.3. The van der Waals surface area contributed by atoms with Gasteiger partial charge in [-0.15, -0.1) is 24.0 Å². The van der Waals surface area contributed by atoms with Crippen molar-refractivity contribution < 1.29 is 4.79 Å². The van der Waals surface area contributed by atoms with Crippen LogP contribution >= 0.6 is 24.0 Å². The number of amides is 1. The Hall–Kier alpha value is -1.35. The van der Waals surface area contributed by atoms with Crippen LogP contribution in [0.3, 0.4) is 0 Å². The van der Waals surface area contributed by atoms with Crippen LogP contribution in [0.2, 0.25) is 0 Å². The average molecular weight is 527 g/mol. The summed E-state index contributed by atoms with van der Waals surface area (Å²) in [6.45, 7) is 6.42. The van der Waals surface area contributed by atoms with Gasteiger partial charge < -0.3 is 16.0 Å². The highest BCUT2D eigenvalue weighted by Crippen LogP contribution is 2.20. The highest BCUT2D eigenvalue weighted by Gasteiger charge is 2.24. The molecule has 2 aliphatic rings. The molecule has 1 aromatic rings. The van der Waals surface area contributed by atoms with Gasteiger partial charge in [-0.05, 0) is 44.7 Å². The van der Waals surface area contributed by atoms with Crippen molar-refractivity contribution in [3.05, 3.63) is 35.9 Å². The van der Waals surface area contributed by atoms with Crippen molar-refractivity contribution in [3.63, 3.8) is 0 Å². The Bertz CT molecular complexity index is 648. The highest BCUT2D eigenvalue weighted by atomic mass is 127. The van der Waals surface area contributed by atoms with E-state index in [-0.39, 0.29) is 29.9 Å². The molecule has 30 heavy (non-hydrogen) atoms. The van der Waals surface area contributed by atoms with Crippen LogP contribution in [0.15, 0.2) is 35.3 Å². The van der Waals surface area contributed by atoms with E-state index in [0.717, 1.165) is 45.0 Å². The molecule has 168 valence electrons. The van der Waals surface area contributed by atoms with Crippen LogP contribution in [0.1, 0.15) is 57.4 Å². The molecule has 1 aliphatic carbocycles. The fourth-order valence-electron chi connectivity index (χ4n) is 4.33. The molecule has 1 aliphatic heterocycles. The van der Waals surface area contributed by atoms with E-state index in [1.165, 1.54) is 31.2 Å². The van der Waals surface area contributed by atoms with Crippen LogP contribution in [0.5, 0.6) is 0 Å². The molecule has 1 amide bonds. The summed E-state index contributed by atoms with van der Waals surface area (Å²) in [6, 6.07) is 11.5. The number of rotatable bonds is 9. The second-order valence-corrected chi connectivity index (χ2v) is 8.20. The van der Waals surface area contributed by atoms with Gasteiger partial charge >= 0.3 is 0 Å². The third kappa shape index (κ3) is 8.41. The smallest absolute Gasteiger partial charge is 0.221 e. The molecular formula is C23H38IN5O. The van der Waals surface area contributed by atoms with Gasteiger partial charge in [0.05, 0.1) is 6.54 Å². The molecule has 1 aromatic carbocycles. The SMILES string of the molecule is CCNC(=NCC1CCCN1Cc1ccccc1)NCCC(=O)NC1CCCC1.I. The second-order valence-electron chi connectivity index (χ2n) is 8.20. The van der Waals surface area contributed by atoms with Crippen LogP contribution in [-0.4, -0.2) is 55.0 Å². The molecule has 1 saturated carbocycles.